The summed E-state index contributed by atoms with van der Waals surface area (Å²) in [6.07, 6.45) is 9.04. The lowest BCUT2D eigenvalue weighted by Gasteiger charge is -2.08. The topological polar surface area (TPSA) is 112 Å². The molecule has 1 amide bonds. The van der Waals surface area contributed by atoms with Crippen LogP contribution in [0.4, 0.5) is 5.69 Å². The number of hydrogen-bond acceptors (Lipinski definition) is 5. The Bertz CT molecular complexity index is 1690. The van der Waals surface area contributed by atoms with Crippen LogP contribution in [0.3, 0.4) is 0 Å². The molecule has 5 heterocycles. The van der Waals surface area contributed by atoms with Crippen LogP contribution in [0.2, 0.25) is 0 Å². The van der Waals surface area contributed by atoms with Crippen molar-refractivity contribution in [2.24, 2.45) is 5.92 Å². The molecule has 6 aromatic rings. The van der Waals surface area contributed by atoms with Gasteiger partial charge in [-0.3, -0.25) is 19.9 Å². The van der Waals surface area contributed by atoms with E-state index in [0.29, 0.717) is 12.1 Å². The maximum absolute atomic E-state index is 12.2. The van der Waals surface area contributed by atoms with Gasteiger partial charge < -0.3 is 14.7 Å². The van der Waals surface area contributed by atoms with Gasteiger partial charge in [0.2, 0.25) is 5.91 Å². The largest absolute Gasteiger partial charge is 0.472 e. The second kappa shape index (κ2) is 8.81. The van der Waals surface area contributed by atoms with Gasteiger partial charge in [-0.25, -0.2) is 0 Å². The molecular weight excluding hydrogens is 452 g/mol. The van der Waals surface area contributed by atoms with E-state index in [1.54, 1.807) is 31.1 Å². The molecule has 0 aliphatic heterocycles. The lowest BCUT2D eigenvalue weighted by Crippen LogP contribution is -2.13. The summed E-state index contributed by atoms with van der Waals surface area (Å²) < 4.78 is 5.29. The molecule has 0 saturated heterocycles. The first-order valence-electron chi connectivity index (χ1n) is 11.8. The summed E-state index contributed by atoms with van der Waals surface area (Å²) in [5.74, 6) is 0.253. The Hall–Kier alpha value is -4.72. The minimum Gasteiger partial charge on any atom is -0.472 e. The normalized spacial score (nSPS) is 11.5. The molecule has 0 fully saturated rings. The van der Waals surface area contributed by atoms with Crippen molar-refractivity contribution in [2.75, 3.05) is 5.32 Å². The zero-order chi connectivity index (χ0) is 24.6. The van der Waals surface area contributed by atoms with Gasteiger partial charge >= 0.3 is 0 Å². The number of pyridine rings is 2. The molecule has 8 nitrogen and oxygen atoms in total. The molecule has 36 heavy (non-hydrogen) atoms. The number of fused-ring (bicyclic) bond motifs is 2. The Kier molecular flexibility index (Phi) is 5.33. The molecule has 0 aliphatic rings. The molecule has 0 spiro atoms. The number of aromatic nitrogens is 5. The molecule has 0 saturated carbocycles. The summed E-state index contributed by atoms with van der Waals surface area (Å²) in [4.78, 5) is 24.6. The molecule has 6 rings (SSSR count). The zero-order valence-corrected chi connectivity index (χ0v) is 19.9. The van der Waals surface area contributed by atoms with Crippen molar-refractivity contribution in [3.8, 4) is 33.8 Å². The summed E-state index contributed by atoms with van der Waals surface area (Å²) in [6.45, 7) is 4.03. The number of rotatable bonds is 6. The first-order chi connectivity index (χ1) is 17.5. The zero-order valence-electron chi connectivity index (χ0n) is 19.9. The highest BCUT2D eigenvalue weighted by Crippen LogP contribution is 2.35. The van der Waals surface area contributed by atoms with Gasteiger partial charge in [-0.05, 0) is 41.8 Å². The van der Waals surface area contributed by atoms with E-state index in [-0.39, 0.29) is 11.8 Å². The molecule has 0 unspecified atom stereocenters. The average Bonchev–Trinajstić information content (AvgIpc) is 3.62. The molecule has 0 radical (unpaired) electrons. The van der Waals surface area contributed by atoms with Crippen molar-refractivity contribution in [3.63, 3.8) is 0 Å². The second-order valence-electron chi connectivity index (χ2n) is 9.26. The van der Waals surface area contributed by atoms with Crippen LogP contribution in [0.25, 0.3) is 55.6 Å². The van der Waals surface area contributed by atoms with Gasteiger partial charge in [0.05, 0.1) is 47.5 Å². The monoisotopic (exact) mass is 476 g/mol. The Morgan fingerprint density at radius 3 is 2.78 bits per heavy atom. The molecule has 1 aromatic carbocycles. The van der Waals surface area contributed by atoms with Gasteiger partial charge in [0.25, 0.3) is 0 Å². The van der Waals surface area contributed by atoms with E-state index in [9.17, 15) is 4.79 Å². The summed E-state index contributed by atoms with van der Waals surface area (Å²) in [6, 6.07) is 14.1. The average molecular weight is 477 g/mol. The smallest absolute Gasteiger partial charge is 0.224 e. The molecule has 178 valence electrons. The number of nitrogens with zero attached hydrogens (tertiary/aromatic N) is 3. The number of furan rings is 1. The van der Waals surface area contributed by atoms with Gasteiger partial charge in [-0.2, -0.15) is 5.10 Å². The second-order valence-corrected chi connectivity index (χ2v) is 9.26. The highest BCUT2D eigenvalue weighted by molar-refractivity contribution is 6.01. The molecule has 0 atom stereocenters. The lowest BCUT2D eigenvalue weighted by molar-refractivity contribution is -0.116. The third-order valence-electron chi connectivity index (χ3n) is 6.11. The molecule has 0 bridgehead atoms. The number of hydrogen-bond donors (Lipinski definition) is 3. The van der Waals surface area contributed by atoms with Crippen molar-refractivity contribution in [3.05, 3.63) is 73.6 Å². The van der Waals surface area contributed by atoms with E-state index >= 15 is 0 Å². The van der Waals surface area contributed by atoms with Crippen LogP contribution < -0.4 is 5.32 Å². The van der Waals surface area contributed by atoms with Crippen LogP contribution in [-0.4, -0.2) is 31.1 Å². The highest BCUT2D eigenvalue weighted by atomic mass is 16.3. The number of H-pyrrole nitrogens is 2. The fraction of sp³-hybridized carbons (Fsp3) is 0.143. The summed E-state index contributed by atoms with van der Waals surface area (Å²) in [7, 11) is 0. The van der Waals surface area contributed by atoms with E-state index in [0.717, 1.165) is 55.6 Å². The van der Waals surface area contributed by atoms with E-state index in [2.05, 4.69) is 48.7 Å². The fourth-order valence-electron chi connectivity index (χ4n) is 4.46. The first kappa shape index (κ1) is 21.8. The number of anilines is 1. The number of amides is 1. The molecular formula is C28H24N6O2. The Morgan fingerprint density at radius 1 is 1.03 bits per heavy atom. The van der Waals surface area contributed by atoms with Gasteiger partial charge in [0.15, 0.2) is 0 Å². The van der Waals surface area contributed by atoms with Crippen LogP contribution >= 0.6 is 0 Å². The maximum Gasteiger partial charge on any atom is 0.224 e. The molecule has 0 aliphatic carbocycles. The van der Waals surface area contributed by atoms with Crippen LogP contribution in [0.15, 0.2) is 78.0 Å². The Balaban J connectivity index is 1.38. The third kappa shape index (κ3) is 4.02. The van der Waals surface area contributed by atoms with Gasteiger partial charge in [-0.1, -0.05) is 26.0 Å². The van der Waals surface area contributed by atoms with Crippen molar-refractivity contribution in [1.29, 1.82) is 0 Å². The highest BCUT2D eigenvalue weighted by Gasteiger charge is 2.15. The lowest BCUT2D eigenvalue weighted by atomic mass is 10.0. The molecule has 3 N–H and O–H groups in total. The Labute approximate surface area is 206 Å². The van der Waals surface area contributed by atoms with Crippen molar-refractivity contribution >= 4 is 33.4 Å². The molecule has 5 aromatic heterocycles. The number of aromatic amines is 2. The number of carbonyl (C=O) groups excluding carboxylic acids is 1. The SMILES string of the molecule is CC(C)CC(=O)Nc1cncc(-c2cc3c(-c4cc5c(-c6ccoc6)cccc5[nH]4)n[nH]c3cn2)c1. The van der Waals surface area contributed by atoms with Crippen LogP contribution in [0.1, 0.15) is 20.3 Å². The van der Waals surface area contributed by atoms with Crippen LogP contribution in [-0.2, 0) is 4.79 Å². The maximum atomic E-state index is 12.2. The Morgan fingerprint density at radius 2 is 1.94 bits per heavy atom. The summed E-state index contributed by atoms with van der Waals surface area (Å²) in [5, 5.41) is 12.6. The minimum atomic E-state index is -0.0296. The van der Waals surface area contributed by atoms with Crippen LogP contribution in [0, 0.1) is 5.92 Å². The minimum absolute atomic E-state index is 0.0296. The van der Waals surface area contributed by atoms with Crippen LogP contribution in [0.5, 0.6) is 0 Å². The van der Waals surface area contributed by atoms with Gasteiger partial charge in [0, 0.05) is 40.0 Å². The quantitative estimate of drug-likeness (QED) is 0.257. The van der Waals surface area contributed by atoms with Crippen molar-refractivity contribution < 1.29 is 9.21 Å². The standard InChI is InChI=1S/C28H24N6O2/c1-16(2)8-27(35)31-19-9-18(12-29-13-19)24-11-22-26(14-30-24)33-34-28(22)25-10-21-20(17-6-7-36-15-17)4-3-5-23(21)32-25/h3-7,9-16,32H,8H2,1-2H3,(H,31,35)(H,33,34). The van der Waals surface area contributed by atoms with E-state index in [1.807, 2.05) is 38.1 Å². The summed E-state index contributed by atoms with van der Waals surface area (Å²) in [5.41, 5.74) is 7.87. The third-order valence-corrected chi connectivity index (χ3v) is 6.11. The predicted molar refractivity (Wildman–Crippen MR) is 140 cm³/mol. The number of benzene rings is 1. The van der Waals surface area contributed by atoms with E-state index < -0.39 is 0 Å². The first-order valence-corrected chi connectivity index (χ1v) is 11.8. The summed E-state index contributed by atoms with van der Waals surface area (Å²) >= 11 is 0. The van der Waals surface area contributed by atoms with Crippen molar-refractivity contribution in [1.82, 2.24) is 25.1 Å². The number of nitrogens with one attached hydrogen (secondary N) is 3. The van der Waals surface area contributed by atoms with E-state index in [4.69, 9.17) is 4.42 Å². The van der Waals surface area contributed by atoms with Crippen molar-refractivity contribution in [2.45, 2.75) is 20.3 Å². The van der Waals surface area contributed by atoms with Gasteiger partial charge in [0.1, 0.15) is 5.69 Å². The fourth-order valence-corrected chi connectivity index (χ4v) is 4.46. The number of carbonyl (C=O) groups is 1. The van der Waals surface area contributed by atoms with E-state index in [1.165, 1.54) is 0 Å². The predicted octanol–water partition coefficient (Wildman–Crippen LogP) is 6.41. The molecule has 8 heteroatoms. The van der Waals surface area contributed by atoms with Gasteiger partial charge in [-0.15, -0.1) is 0 Å².